The largest absolute Gasteiger partial charge is 0.445 e. The number of benzene rings is 2. The second-order valence-corrected chi connectivity index (χ2v) is 8.17. The first-order valence-corrected chi connectivity index (χ1v) is 10.6. The Hall–Kier alpha value is -3.49. The van der Waals surface area contributed by atoms with Crippen LogP contribution < -0.4 is 0 Å². The standard InChI is InChI=1S/C24H24F3N3O3/c1-28-16-30(13-17-5-3-2-4-6-17)22(31)20-14-29(12-11-21(20)28)23(32)33-15-18-7-9-19(10-8-18)24(25,26)27/h2-10H,11-16H2,1H3. The highest BCUT2D eigenvalue weighted by Gasteiger charge is 2.35. The number of hydrogen-bond donors (Lipinski definition) is 0. The topological polar surface area (TPSA) is 53.1 Å². The molecule has 2 aliphatic rings. The van der Waals surface area contributed by atoms with Gasteiger partial charge < -0.3 is 19.4 Å². The highest BCUT2D eigenvalue weighted by molar-refractivity contribution is 5.96. The molecule has 4 rings (SSSR count). The monoisotopic (exact) mass is 459 g/mol. The molecule has 0 atom stereocenters. The fourth-order valence-electron chi connectivity index (χ4n) is 4.07. The van der Waals surface area contributed by atoms with Crippen LogP contribution in [0.25, 0.3) is 0 Å². The van der Waals surface area contributed by atoms with E-state index in [2.05, 4.69) is 0 Å². The van der Waals surface area contributed by atoms with Crippen LogP contribution in [0.4, 0.5) is 18.0 Å². The van der Waals surface area contributed by atoms with E-state index in [0.717, 1.165) is 23.4 Å². The van der Waals surface area contributed by atoms with Gasteiger partial charge in [-0.2, -0.15) is 13.2 Å². The maximum absolute atomic E-state index is 13.1. The van der Waals surface area contributed by atoms with E-state index in [1.807, 2.05) is 42.3 Å². The Labute approximate surface area is 189 Å². The van der Waals surface area contributed by atoms with Gasteiger partial charge >= 0.3 is 12.3 Å². The fourth-order valence-corrected chi connectivity index (χ4v) is 4.07. The van der Waals surface area contributed by atoms with Crippen LogP contribution >= 0.6 is 0 Å². The number of rotatable bonds is 4. The predicted molar refractivity (Wildman–Crippen MR) is 114 cm³/mol. The molecule has 33 heavy (non-hydrogen) atoms. The van der Waals surface area contributed by atoms with Gasteiger partial charge in [0.05, 0.1) is 24.4 Å². The Bertz CT molecular complexity index is 1050. The van der Waals surface area contributed by atoms with E-state index in [1.54, 1.807) is 4.90 Å². The molecular weight excluding hydrogens is 435 g/mol. The summed E-state index contributed by atoms with van der Waals surface area (Å²) in [7, 11) is 1.93. The van der Waals surface area contributed by atoms with Gasteiger partial charge in [-0.25, -0.2) is 4.79 Å². The Morgan fingerprint density at radius 2 is 1.73 bits per heavy atom. The van der Waals surface area contributed by atoms with E-state index >= 15 is 0 Å². The number of ether oxygens (including phenoxy) is 1. The summed E-state index contributed by atoms with van der Waals surface area (Å²) < 4.78 is 43.4. The second-order valence-electron chi connectivity index (χ2n) is 8.17. The van der Waals surface area contributed by atoms with Gasteiger partial charge in [0.15, 0.2) is 0 Å². The van der Waals surface area contributed by atoms with Gasteiger partial charge in [-0.1, -0.05) is 42.5 Å². The summed E-state index contributed by atoms with van der Waals surface area (Å²) in [5.74, 6) is -0.104. The lowest BCUT2D eigenvalue weighted by atomic mass is 10.0. The number of halogens is 3. The van der Waals surface area contributed by atoms with Crippen molar-refractivity contribution in [2.45, 2.75) is 25.7 Å². The van der Waals surface area contributed by atoms with Crippen molar-refractivity contribution in [3.63, 3.8) is 0 Å². The van der Waals surface area contributed by atoms with Crippen molar-refractivity contribution in [1.82, 2.24) is 14.7 Å². The molecule has 6 nitrogen and oxygen atoms in total. The van der Waals surface area contributed by atoms with E-state index in [0.29, 0.717) is 37.3 Å². The van der Waals surface area contributed by atoms with Crippen molar-refractivity contribution < 1.29 is 27.5 Å². The summed E-state index contributed by atoms with van der Waals surface area (Å²) in [5, 5.41) is 0. The Balaban J connectivity index is 1.38. The molecular formula is C24H24F3N3O3. The zero-order valence-corrected chi connectivity index (χ0v) is 18.1. The first-order valence-electron chi connectivity index (χ1n) is 10.6. The van der Waals surface area contributed by atoms with Crippen LogP contribution in [-0.2, 0) is 28.9 Å². The first-order chi connectivity index (χ1) is 15.7. The normalized spacial score (nSPS) is 16.7. The molecule has 174 valence electrons. The number of hydrogen-bond acceptors (Lipinski definition) is 4. The third-order valence-corrected chi connectivity index (χ3v) is 5.82. The number of nitrogens with zero attached hydrogens (tertiary/aromatic N) is 3. The van der Waals surface area contributed by atoms with Gasteiger partial charge in [-0.3, -0.25) is 4.79 Å². The van der Waals surface area contributed by atoms with Gasteiger partial charge in [0.2, 0.25) is 0 Å². The highest BCUT2D eigenvalue weighted by atomic mass is 19.4. The van der Waals surface area contributed by atoms with Crippen LogP contribution in [0.5, 0.6) is 0 Å². The van der Waals surface area contributed by atoms with Crippen LogP contribution in [0.15, 0.2) is 65.9 Å². The minimum absolute atomic E-state index is 0.104. The quantitative estimate of drug-likeness (QED) is 0.687. The Morgan fingerprint density at radius 1 is 1.03 bits per heavy atom. The molecule has 2 amide bonds. The zero-order chi connectivity index (χ0) is 23.6. The minimum Gasteiger partial charge on any atom is -0.445 e. The van der Waals surface area contributed by atoms with Crippen LogP contribution in [0, 0.1) is 0 Å². The smallest absolute Gasteiger partial charge is 0.416 e. The Kier molecular flexibility index (Phi) is 6.31. The van der Waals surface area contributed by atoms with E-state index in [-0.39, 0.29) is 19.1 Å². The summed E-state index contributed by atoms with van der Waals surface area (Å²) in [5.41, 5.74) is 2.21. The molecule has 0 saturated heterocycles. The van der Waals surface area contributed by atoms with Gasteiger partial charge in [0, 0.05) is 32.3 Å². The van der Waals surface area contributed by atoms with Crippen LogP contribution in [0.3, 0.4) is 0 Å². The lowest BCUT2D eigenvalue weighted by molar-refractivity contribution is -0.137. The number of amides is 2. The molecule has 0 radical (unpaired) electrons. The molecule has 2 aliphatic heterocycles. The number of carbonyl (C=O) groups is 2. The maximum atomic E-state index is 13.1. The molecule has 0 saturated carbocycles. The van der Waals surface area contributed by atoms with E-state index < -0.39 is 17.8 Å². The van der Waals surface area contributed by atoms with Crippen molar-refractivity contribution in [2.24, 2.45) is 0 Å². The third kappa shape index (κ3) is 5.13. The highest BCUT2D eigenvalue weighted by Crippen LogP contribution is 2.30. The average molecular weight is 459 g/mol. The number of alkyl halides is 3. The lowest BCUT2D eigenvalue weighted by Crippen LogP contribution is -2.51. The minimum atomic E-state index is -4.41. The number of carbonyl (C=O) groups excluding carboxylic acids is 2. The molecule has 0 fully saturated rings. The van der Waals surface area contributed by atoms with E-state index in [1.165, 1.54) is 17.0 Å². The molecule has 0 unspecified atom stereocenters. The molecule has 0 aliphatic carbocycles. The lowest BCUT2D eigenvalue weighted by Gasteiger charge is -2.42. The van der Waals surface area contributed by atoms with Crippen molar-refractivity contribution >= 4 is 12.0 Å². The SMILES string of the molecule is CN1CN(Cc2ccccc2)C(=O)C2=C1CCN(C(=O)OCc1ccc(C(F)(F)F)cc1)C2. The zero-order valence-electron chi connectivity index (χ0n) is 18.1. The summed E-state index contributed by atoms with van der Waals surface area (Å²) in [6.07, 6.45) is -4.48. The van der Waals surface area contributed by atoms with Crippen LogP contribution in [0.1, 0.15) is 23.1 Å². The van der Waals surface area contributed by atoms with Crippen LogP contribution in [-0.4, -0.2) is 53.5 Å². The molecule has 9 heteroatoms. The van der Waals surface area contributed by atoms with Gasteiger partial charge in [-0.05, 0) is 23.3 Å². The molecule has 2 aromatic carbocycles. The maximum Gasteiger partial charge on any atom is 0.416 e. The molecule has 0 N–H and O–H groups in total. The van der Waals surface area contributed by atoms with Crippen LogP contribution in [0.2, 0.25) is 0 Å². The average Bonchev–Trinajstić information content (AvgIpc) is 2.81. The van der Waals surface area contributed by atoms with Crippen molar-refractivity contribution in [1.29, 1.82) is 0 Å². The van der Waals surface area contributed by atoms with Crippen molar-refractivity contribution in [3.8, 4) is 0 Å². The Morgan fingerprint density at radius 3 is 2.39 bits per heavy atom. The van der Waals surface area contributed by atoms with E-state index in [9.17, 15) is 22.8 Å². The molecule has 2 aromatic rings. The molecule has 0 aromatic heterocycles. The molecule has 2 heterocycles. The first kappa shape index (κ1) is 22.7. The molecule has 0 spiro atoms. The second kappa shape index (κ2) is 9.17. The summed E-state index contributed by atoms with van der Waals surface area (Å²) in [6.45, 7) is 1.34. The third-order valence-electron chi connectivity index (χ3n) is 5.82. The fraction of sp³-hybridized carbons (Fsp3) is 0.333. The summed E-state index contributed by atoms with van der Waals surface area (Å²) in [6, 6.07) is 14.2. The van der Waals surface area contributed by atoms with Gasteiger partial charge in [-0.15, -0.1) is 0 Å². The van der Waals surface area contributed by atoms with Crippen molar-refractivity contribution in [2.75, 3.05) is 26.8 Å². The summed E-state index contributed by atoms with van der Waals surface area (Å²) >= 11 is 0. The molecule has 0 bridgehead atoms. The summed E-state index contributed by atoms with van der Waals surface area (Å²) in [4.78, 5) is 31.0. The van der Waals surface area contributed by atoms with Crippen molar-refractivity contribution in [3.05, 3.63) is 82.6 Å². The van der Waals surface area contributed by atoms with Gasteiger partial charge in [0.25, 0.3) is 5.91 Å². The van der Waals surface area contributed by atoms with E-state index in [4.69, 9.17) is 4.74 Å². The van der Waals surface area contributed by atoms with Gasteiger partial charge in [0.1, 0.15) is 6.61 Å². The predicted octanol–water partition coefficient (Wildman–Crippen LogP) is 4.23.